The molecule has 9 nitrogen and oxygen atoms in total. The Morgan fingerprint density at radius 2 is 1.53 bits per heavy atom. The summed E-state index contributed by atoms with van der Waals surface area (Å²) >= 11 is 12.7. The van der Waals surface area contributed by atoms with Crippen molar-refractivity contribution in [3.63, 3.8) is 0 Å². The van der Waals surface area contributed by atoms with Gasteiger partial charge in [-0.1, -0.05) is 80.7 Å². The van der Waals surface area contributed by atoms with Gasteiger partial charge in [0.05, 0.1) is 18.2 Å². The van der Waals surface area contributed by atoms with Crippen molar-refractivity contribution in [2.45, 2.75) is 70.9 Å². The molecule has 2 aliphatic heterocycles. The van der Waals surface area contributed by atoms with Crippen LogP contribution in [0.3, 0.4) is 0 Å². The monoisotopic (exact) mass is 707 g/mol. The Morgan fingerprint density at radius 1 is 0.898 bits per heavy atom. The third-order valence-corrected chi connectivity index (χ3v) is 9.73. The van der Waals surface area contributed by atoms with Crippen molar-refractivity contribution in [3.8, 4) is 5.75 Å². The Kier molecular flexibility index (Phi) is 12.3. The van der Waals surface area contributed by atoms with E-state index in [1.54, 1.807) is 5.48 Å². The van der Waals surface area contributed by atoms with E-state index in [9.17, 15) is 9.59 Å². The fraction of sp³-hybridized carbons (Fsp3) is 0.447. The van der Waals surface area contributed by atoms with Gasteiger partial charge in [0, 0.05) is 42.6 Å². The SMILES string of the molecule is CCOc1cc(C(C)(C)C)ccc1C1=NC(c2ccc(Cl)cc2)C(c2ccc(Cl)cc2)N1C(=O)N1CCN(CCCCCC(=O)NO)CC1. The molecule has 1 fully saturated rings. The number of urea groups is 1. The number of amidine groups is 1. The van der Waals surface area contributed by atoms with E-state index in [1.807, 2.05) is 71.3 Å². The predicted molar refractivity (Wildman–Crippen MR) is 195 cm³/mol. The summed E-state index contributed by atoms with van der Waals surface area (Å²) in [4.78, 5) is 37.7. The number of piperazine rings is 1. The number of carbonyl (C=O) groups is 2. The second kappa shape index (κ2) is 16.4. The molecule has 0 radical (unpaired) electrons. The predicted octanol–water partition coefficient (Wildman–Crippen LogP) is 8.04. The third kappa shape index (κ3) is 8.94. The van der Waals surface area contributed by atoms with Crippen LogP contribution in [0.4, 0.5) is 4.79 Å². The molecule has 1 saturated heterocycles. The van der Waals surface area contributed by atoms with E-state index in [0.29, 0.717) is 47.7 Å². The molecule has 262 valence electrons. The van der Waals surface area contributed by atoms with Crippen molar-refractivity contribution < 1.29 is 19.5 Å². The van der Waals surface area contributed by atoms with Crippen LogP contribution < -0.4 is 10.2 Å². The van der Waals surface area contributed by atoms with Crippen molar-refractivity contribution in [1.82, 2.24) is 20.2 Å². The van der Waals surface area contributed by atoms with Crippen LogP contribution in [-0.2, 0) is 10.2 Å². The van der Waals surface area contributed by atoms with Gasteiger partial charge in [-0.15, -0.1) is 0 Å². The van der Waals surface area contributed by atoms with Gasteiger partial charge in [-0.3, -0.25) is 24.8 Å². The van der Waals surface area contributed by atoms with E-state index >= 15 is 0 Å². The fourth-order valence-electron chi connectivity index (χ4n) is 6.47. The van der Waals surface area contributed by atoms with E-state index in [2.05, 4.69) is 37.8 Å². The molecule has 0 bridgehead atoms. The topological polar surface area (TPSA) is 97.7 Å². The Labute approximate surface area is 299 Å². The van der Waals surface area contributed by atoms with Gasteiger partial charge in [0.1, 0.15) is 17.6 Å². The number of nitrogens with zero attached hydrogens (tertiary/aromatic N) is 4. The van der Waals surface area contributed by atoms with Crippen LogP contribution in [0, 0.1) is 0 Å². The molecular formula is C38H47Cl2N5O4. The van der Waals surface area contributed by atoms with Gasteiger partial charge in [0.15, 0.2) is 0 Å². The average Bonchev–Trinajstić information content (AvgIpc) is 3.48. The molecule has 5 rings (SSSR count). The number of nitrogens with one attached hydrogen (secondary N) is 1. The van der Waals surface area contributed by atoms with Crippen LogP contribution in [-0.4, -0.2) is 77.0 Å². The second-order valence-corrected chi connectivity index (χ2v) is 14.5. The van der Waals surface area contributed by atoms with Crippen LogP contribution >= 0.6 is 23.2 Å². The first kappa shape index (κ1) is 36.6. The molecule has 11 heteroatoms. The summed E-state index contributed by atoms with van der Waals surface area (Å²) in [5.74, 6) is 0.910. The van der Waals surface area contributed by atoms with Crippen LogP contribution in [0.2, 0.25) is 10.0 Å². The van der Waals surface area contributed by atoms with Crippen molar-refractivity contribution >= 4 is 41.0 Å². The Bertz CT molecular complexity index is 1620. The maximum atomic E-state index is 14.9. The van der Waals surface area contributed by atoms with E-state index in [1.165, 1.54) is 0 Å². The zero-order chi connectivity index (χ0) is 35.1. The van der Waals surface area contributed by atoms with E-state index < -0.39 is 12.1 Å². The molecule has 0 spiro atoms. The number of halogens is 2. The first-order valence-corrected chi connectivity index (χ1v) is 17.9. The molecule has 0 aliphatic carbocycles. The van der Waals surface area contributed by atoms with Gasteiger partial charge < -0.3 is 9.64 Å². The molecular weight excluding hydrogens is 661 g/mol. The second-order valence-electron chi connectivity index (χ2n) is 13.7. The number of rotatable bonds is 11. The molecule has 3 amide bonds. The molecule has 2 unspecified atom stereocenters. The first-order valence-electron chi connectivity index (χ1n) is 17.1. The normalized spacial score (nSPS) is 18.4. The lowest BCUT2D eigenvalue weighted by molar-refractivity contribution is -0.129. The summed E-state index contributed by atoms with van der Waals surface area (Å²) in [6.07, 6.45) is 2.88. The van der Waals surface area contributed by atoms with Gasteiger partial charge >= 0.3 is 6.03 Å². The zero-order valence-electron chi connectivity index (χ0n) is 28.8. The number of hydrogen-bond donors (Lipinski definition) is 2. The Balaban J connectivity index is 1.48. The number of ether oxygens (including phenoxy) is 1. The Morgan fingerprint density at radius 3 is 2.12 bits per heavy atom. The minimum Gasteiger partial charge on any atom is -0.493 e. The molecule has 2 aliphatic rings. The quantitative estimate of drug-likeness (QED) is 0.119. The molecule has 3 aromatic rings. The van der Waals surface area contributed by atoms with Crippen molar-refractivity contribution in [2.24, 2.45) is 4.99 Å². The average molecular weight is 709 g/mol. The van der Waals surface area contributed by atoms with E-state index in [-0.39, 0.29) is 17.4 Å². The highest BCUT2D eigenvalue weighted by molar-refractivity contribution is 6.30. The van der Waals surface area contributed by atoms with Crippen LogP contribution in [0.5, 0.6) is 5.75 Å². The summed E-state index contributed by atoms with van der Waals surface area (Å²) in [6.45, 7) is 12.5. The first-order chi connectivity index (χ1) is 23.5. The summed E-state index contributed by atoms with van der Waals surface area (Å²) in [5.41, 5.74) is 5.37. The van der Waals surface area contributed by atoms with E-state index in [4.69, 9.17) is 38.1 Å². The molecule has 3 aromatic carbocycles. The standard InChI is InChI=1S/C38H47Cl2N5O4/c1-5-49-32-25-28(38(2,3)4)14-19-31(32)36-41-34(26-10-15-29(39)16-11-26)35(27-12-17-30(40)18-13-27)45(36)37(47)44-23-21-43(22-24-44)20-8-6-7-9-33(46)42-48/h10-19,25,34-35,48H,5-9,20-24H2,1-4H3,(H,42,46). The molecule has 2 atom stereocenters. The third-order valence-electron chi connectivity index (χ3n) is 9.23. The van der Waals surface area contributed by atoms with Crippen molar-refractivity contribution in [1.29, 1.82) is 0 Å². The van der Waals surface area contributed by atoms with Gasteiger partial charge in [0.2, 0.25) is 5.91 Å². The summed E-state index contributed by atoms with van der Waals surface area (Å²) in [5, 5.41) is 9.96. The highest BCUT2D eigenvalue weighted by Crippen LogP contribution is 2.46. The van der Waals surface area contributed by atoms with E-state index in [0.717, 1.165) is 61.2 Å². The fourth-order valence-corrected chi connectivity index (χ4v) is 6.72. The van der Waals surface area contributed by atoms with Crippen molar-refractivity contribution in [2.75, 3.05) is 39.3 Å². The van der Waals surface area contributed by atoms with Crippen molar-refractivity contribution in [3.05, 3.63) is 99.0 Å². The lowest BCUT2D eigenvalue weighted by Crippen LogP contribution is -2.54. The summed E-state index contributed by atoms with van der Waals surface area (Å²) in [6, 6.07) is 20.6. The Hall–Kier alpha value is -3.63. The maximum Gasteiger partial charge on any atom is 0.326 e. The maximum absolute atomic E-state index is 14.9. The van der Waals surface area contributed by atoms with Gasteiger partial charge in [-0.25, -0.2) is 10.3 Å². The number of benzene rings is 3. The van der Waals surface area contributed by atoms with Crippen LogP contribution in [0.25, 0.3) is 0 Å². The molecule has 0 saturated carbocycles. The van der Waals surface area contributed by atoms with Crippen LogP contribution in [0.1, 0.15) is 87.7 Å². The highest BCUT2D eigenvalue weighted by atomic mass is 35.5. The number of amides is 3. The minimum absolute atomic E-state index is 0.0945. The lowest BCUT2D eigenvalue weighted by Gasteiger charge is -2.39. The molecule has 49 heavy (non-hydrogen) atoms. The molecule has 0 aromatic heterocycles. The smallest absolute Gasteiger partial charge is 0.326 e. The van der Waals surface area contributed by atoms with Crippen LogP contribution in [0.15, 0.2) is 71.7 Å². The van der Waals surface area contributed by atoms with Gasteiger partial charge in [-0.2, -0.15) is 0 Å². The van der Waals surface area contributed by atoms with Gasteiger partial charge in [-0.05, 0) is 84.8 Å². The highest BCUT2D eigenvalue weighted by Gasteiger charge is 2.45. The molecule has 2 heterocycles. The number of aliphatic imine (C=N–C) groups is 1. The number of hydroxylamine groups is 1. The summed E-state index contributed by atoms with van der Waals surface area (Å²) in [7, 11) is 0. The minimum atomic E-state index is -0.438. The molecule has 2 N–H and O–H groups in total. The van der Waals surface area contributed by atoms with Gasteiger partial charge in [0.25, 0.3) is 0 Å². The zero-order valence-corrected chi connectivity index (χ0v) is 30.3. The summed E-state index contributed by atoms with van der Waals surface area (Å²) < 4.78 is 6.25. The number of carbonyl (C=O) groups excluding carboxylic acids is 2. The number of unbranched alkanes of at least 4 members (excludes halogenated alkanes) is 2. The number of hydrogen-bond acceptors (Lipinski definition) is 6. The lowest BCUT2D eigenvalue weighted by atomic mass is 9.86. The largest absolute Gasteiger partial charge is 0.493 e.